The van der Waals surface area contributed by atoms with E-state index in [4.69, 9.17) is 0 Å². The van der Waals surface area contributed by atoms with Gasteiger partial charge in [-0.05, 0) is 42.5 Å². The van der Waals surface area contributed by atoms with Crippen LogP contribution in [0.15, 0.2) is 48.5 Å². The predicted octanol–water partition coefficient (Wildman–Crippen LogP) is 5.67. The summed E-state index contributed by atoms with van der Waals surface area (Å²) in [5.74, 6) is 0.102. The fourth-order valence-electron chi connectivity index (χ4n) is 4.75. The third-order valence-electron chi connectivity index (χ3n) is 6.42. The minimum absolute atomic E-state index is 0.00377. The van der Waals surface area contributed by atoms with Gasteiger partial charge in [-0.25, -0.2) is 0 Å². The lowest BCUT2D eigenvalue weighted by molar-refractivity contribution is -0.122. The lowest BCUT2D eigenvalue weighted by Crippen LogP contribution is -2.45. The van der Waals surface area contributed by atoms with Gasteiger partial charge in [0, 0.05) is 13.1 Å². The van der Waals surface area contributed by atoms with Crippen molar-refractivity contribution in [1.82, 2.24) is 4.90 Å². The number of unbranched alkanes of at least 4 members (excludes halogenated alkanes) is 5. The molecule has 2 aliphatic rings. The van der Waals surface area contributed by atoms with Crippen LogP contribution in [0.25, 0.3) is 11.1 Å². The number of anilines is 1. The monoisotopic (exact) mass is 404 g/mol. The van der Waals surface area contributed by atoms with E-state index in [0.717, 1.165) is 42.5 Å². The van der Waals surface area contributed by atoms with E-state index in [1.54, 1.807) is 4.90 Å². The molecule has 0 bridgehead atoms. The minimum atomic E-state index is -0.301. The summed E-state index contributed by atoms with van der Waals surface area (Å²) in [5.41, 5.74) is 3.56. The summed E-state index contributed by atoms with van der Waals surface area (Å²) in [6.45, 7) is 3.59. The molecule has 1 saturated heterocycles. The number of nitrogens with zero attached hydrogens (tertiary/aromatic N) is 2. The van der Waals surface area contributed by atoms with Crippen LogP contribution in [-0.4, -0.2) is 35.8 Å². The Kier molecular flexibility index (Phi) is 6.51. The molecule has 2 heterocycles. The van der Waals surface area contributed by atoms with Crippen molar-refractivity contribution in [3.05, 3.63) is 54.1 Å². The van der Waals surface area contributed by atoms with Crippen LogP contribution in [-0.2, 0) is 4.79 Å². The second-order valence-corrected chi connectivity index (χ2v) is 8.51. The molecule has 4 nitrogen and oxygen atoms in total. The van der Waals surface area contributed by atoms with Crippen LogP contribution in [0.4, 0.5) is 5.69 Å². The molecule has 2 aromatic rings. The first-order valence-electron chi connectivity index (χ1n) is 11.5. The highest BCUT2D eigenvalue weighted by atomic mass is 16.2. The Bertz CT molecular complexity index is 893. The number of carbonyl (C=O) groups is 2. The number of hydrogen-bond acceptors (Lipinski definition) is 2. The van der Waals surface area contributed by atoms with Gasteiger partial charge in [0.2, 0.25) is 5.91 Å². The molecule has 0 N–H and O–H groups in total. The molecule has 0 aromatic heterocycles. The average Bonchev–Trinajstić information content (AvgIpc) is 3.25. The SMILES string of the molecule is CCCCCCCCN1C(=O)[C@@H]2CCCN2C(=O)c2cc(-c3ccccc3)ccc21. The molecule has 2 amide bonds. The number of benzene rings is 2. The summed E-state index contributed by atoms with van der Waals surface area (Å²) in [5, 5.41) is 0. The zero-order valence-electron chi connectivity index (χ0n) is 18.0. The Morgan fingerprint density at radius 3 is 2.47 bits per heavy atom. The van der Waals surface area contributed by atoms with Gasteiger partial charge in [-0.2, -0.15) is 0 Å². The summed E-state index contributed by atoms with van der Waals surface area (Å²) in [6, 6.07) is 15.8. The quantitative estimate of drug-likeness (QED) is 0.532. The van der Waals surface area contributed by atoms with Gasteiger partial charge < -0.3 is 9.80 Å². The number of fused-ring (bicyclic) bond motifs is 2. The largest absolute Gasteiger partial charge is 0.327 e. The maximum atomic E-state index is 13.4. The van der Waals surface area contributed by atoms with Crippen molar-refractivity contribution < 1.29 is 9.59 Å². The molecule has 1 fully saturated rings. The molecule has 1 atom stereocenters. The van der Waals surface area contributed by atoms with E-state index in [1.165, 1.54) is 25.7 Å². The Morgan fingerprint density at radius 2 is 1.67 bits per heavy atom. The van der Waals surface area contributed by atoms with E-state index >= 15 is 0 Å². The van der Waals surface area contributed by atoms with E-state index in [2.05, 4.69) is 19.1 Å². The molecule has 158 valence electrons. The number of hydrogen-bond donors (Lipinski definition) is 0. The van der Waals surface area contributed by atoms with Crippen LogP contribution in [0.1, 0.15) is 68.6 Å². The summed E-state index contributed by atoms with van der Waals surface area (Å²) < 4.78 is 0. The van der Waals surface area contributed by atoms with Gasteiger partial charge in [-0.3, -0.25) is 9.59 Å². The van der Waals surface area contributed by atoms with Gasteiger partial charge in [0.1, 0.15) is 6.04 Å². The standard InChI is InChI=1S/C26H32N2O2/c1-2-3-4-5-6-10-17-27-23-16-15-21(20-12-8-7-9-13-20)19-22(23)25(29)28-18-11-14-24(28)26(27)30/h7-9,12-13,15-16,19,24H,2-6,10-11,14,17-18H2,1H3/t24-/m0/s1. The molecule has 2 aliphatic heterocycles. The fraction of sp³-hybridized carbons (Fsp3) is 0.462. The van der Waals surface area contributed by atoms with E-state index in [0.29, 0.717) is 18.7 Å². The second-order valence-electron chi connectivity index (χ2n) is 8.51. The molecule has 0 unspecified atom stereocenters. The third-order valence-corrected chi connectivity index (χ3v) is 6.42. The van der Waals surface area contributed by atoms with Crippen molar-refractivity contribution in [3.8, 4) is 11.1 Å². The van der Waals surface area contributed by atoms with Crippen molar-refractivity contribution in [2.45, 2.75) is 64.3 Å². The highest BCUT2D eigenvalue weighted by Gasteiger charge is 2.41. The first-order chi connectivity index (χ1) is 14.7. The summed E-state index contributed by atoms with van der Waals surface area (Å²) in [7, 11) is 0. The molecule has 0 spiro atoms. The normalized spacial score (nSPS) is 18.4. The Morgan fingerprint density at radius 1 is 0.900 bits per heavy atom. The van der Waals surface area contributed by atoms with E-state index in [9.17, 15) is 9.59 Å². The maximum absolute atomic E-state index is 13.4. The van der Waals surface area contributed by atoms with Crippen molar-refractivity contribution in [1.29, 1.82) is 0 Å². The van der Waals surface area contributed by atoms with Crippen molar-refractivity contribution in [3.63, 3.8) is 0 Å². The Hall–Kier alpha value is -2.62. The Balaban J connectivity index is 1.62. The van der Waals surface area contributed by atoms with Gasteiger partial charge in [-0.1, -0.05) is 75.4 Å². The molecule has 4 rings (SSSR count). The lowest BCUT2D eigenvalue weighted by Gasteiger charge is -2.26. The number of amides is 2. The van der Waals surface area contributed by atoms with Crippen molar-refractivity contribution in [2.24, 2.45) is 0 Å². The van der Waals surface area contributed by atoms with E-state index in [1.807, 2.05) is 41.3 Å². The maximum Gasteiger partial charge on any atom is 0.256 e. The van der Waals surface area contributed by atoms with Crippen LogP contribution < -0.4 is 4.90 Å². The van der Waals surface area contributed by atoms with Gasteiger partial charge in [0.15, 0.2) is 0 Å². The van der Waals surface area contributed by atoms with Crippen LogP contribution >= 0.6 is 0 Å². The van der Waals surface area contributed by atoms with Crippen molar-refractivity contribution >= 4 is 17.5 Å². The van der Waals surface area contributed by atoms with Crippen LogP contribution in [0.5, 0.6) is 0 Å². The van der Waals surface area contributed by atoms with Crippen molar-refractivity contribution in [2.75, 3.05) is 18.0 Å². The highest BCUT2D eigenvalue weighted by Crippen LogP contribution is 2.35. The molecule has 4 heteroatoms. The predicted molar refractivity (Wildman–Crippen MR) is 122 cm³/mol. The van der Waals surface area contributed by atoms with Crippen LogP contribution in [0.2, 0.25) is 0 Å². The summed E-state index contributed by atoms with van der Waals surface area (Å²) in [4.78, 5) is 30.5. The van der Waals surface area contributed by atoms with E-state index in [-0.39, 0.29) is 17.9 Å². The zero-order valence-corrected chi connectivity index (χ0v) is 18.0. The zero-order chi connectivity index (χ0) is 20.9. The second kappa shape index (κ2) is 9.46. The van der Waals surface area contributed by atoms with Crippen LogP contribution in [0, 0.1) is 0 Å². The molecule has 0 saturated carbocycles. The lowest BCUT2D eigenvalue weighted by atomic mass is 10.0. The molecule has 0 radical (unpaired) electrons. The molecule has 0 aliphatic carbocycles. The Labute approximate surface area is 179 Å². The molecular weight excluding hydrogens is 372 g/mol. The van der Waals surface area contributed by atoms with E-state index < -0.39 is 0 Å². The number of carbonyl (C=O) groups excluding carboxylic acids is 2. The molecule has 2 aromatic carbocycles. The summed E-state index contributed by atoms with van der Waals surface area (Å²) in [6.07, 6.45) is 8.78. The summed E-state index contributed by atoms with van der Waals surface area (Å²) >= 11 is 0. The minimum Gasteiger partial charge on any atom is -0.327 e. The fourth-order valence-corrected chi connectivity index (χ4v) is 4.75. The number of rotatable bonds is 8. The van der Waals surface area contributed by atoms with Gasteiger partial charge in [-0.15, -0.1) is 0 Å². The highest BCUT2D eigenvalue weighted by molar-refractivity contribution is 6.11. The smallest absolute Gasteiger partial charge is 0.256 e. The molecule has 30 heavy (non-hydrogen) atoms. The van der Waals surface area contributed by atoms with Gasteiger partial charge >= 0.3 is 0 Å². The van der Waals surface area contributed by atoms with Gasteiger partial charge in [0.05, 0.1) is 11.3 Å². The first kappa shape index (κ1) is 20.6. The van der Waals surface area contributed by atoms with Gasteiger partial charge in [0.25, 0.3) is 5.91 Å². The first-order valence-corrected chi connectivity index (χ1v) is 11.5. The third kappa shape index (κ3) is 4.14. The average molecular weight is 405 g/mol. The molecular formula is C26H32N2O2. The van der Waals surface area contributed by atoms with Crippen LogP contribution in [0.3, 0.4) is 0 Å². The topological polar surface area (TPSA) is 40.6 Å².